The Bertz CT molecular complexity index is 2770. The molecule has 0 saturated heterocycles. The number of hydrogen-bond acceptors (Lipinski definition) is 0. The second-order valence-corrected chi connectivity index (χ2v) is 20.6. The van der Waals surface area contributed by atoms with Gasteiger partial charge in [-0.1, -0.05) is 133 Å². The quantitative estimate of drug-likeness (QED) is 0.0446. The van der Waals surface area contributed by atoms with Gasteiger partial charge in [0.2, 0.25) is 0 Å². The fourth-order valence-electron chi connectivity index (χ4n) is 8.53. The topological polar surface area (TPSA) is 4.93 Å². The summed E-state index contributed by atoms with van der Waals surface area (Å²) in [5.41, 5.74) is 9.40. The number of para-hydroxylation sites is 1. The van der Waals surface area contributed by atoms with E-state index in [1.165, 1.54) is 84.9 Å². The first kappa shape index (κ1) is 47.5. The average Bonchev–Trinajstić information content (AvgIpc) is 3.85. The Kier molecular flexibility index (Phi) is 17.8. The van der Waals surface area contributed by atoms with E-state index in [9.17, 15) is 0 Å². The molecule has 10 rings (SSSR count). The molecule has 0 atom stereocenters. The van der Waals surface area contributed by atoms with E-state index in [-0.39, 0.29) is 44.8 Å². The van der Waals surface area contributed by atoms with Crippen LogP contribution in [0.25, 0.3) is 32.9 Å². The summed E-state index contributed by atoms with van der Waals surface area (Å²) in [5.74, 6) is 4.86. The SMILES string of the molecule is [Au+].[Au+].[C-]#Cc1ccc2c(c1)Cc1ccccc1-2.[C-]#Cc1ccc2c3ccccc3n(C)c2c1.c1ccc([PH+](CCCC[PH+](c2ccccc2)c2ccccc2)c2ccccc2)cc1. The Hall–Kier alpha value is -4.98. The van der Waals surface area contributed by atoms with Crippen LogP contribution in [0.3, 0.4) is 0 Å². The van der Waals surface area contributed by atoms with Gasteiger partial charge in [-0.2, -0.15) is 0 Å². The maximum Gasteiger partial charge on any atom is 1.00 e. The van der Waals surface area contributed by atoms with Gasteiger partial charge in [-0.05, 0) is 90.6 Å². The third-order valence-corrected chi connectivity index (χ3v) is 17.4. The number of aryl methyl sites for hydroxylation is 1. The van der Waals surface area contributed by atoms with Crippen LogP contribution < -0.4 is 21.2 Å². The summed E-state index contributed by atoms with van der Waals surface area (Å²) in [6, 6.07) is 73.5. The summed E-state index contributed by atoms with van der Waals surface area (Å²) in [6.07, 6.45) is 20.5. The average molecular weight is 1220 g/mol. The van der Waals surface area contributed by atoms with E-state index >= 15 is 0 Å². The van der Waals surface area contributed by atoms with Crippen molar-refractivity contribution >= 4 is 58.9 Å². The molecule has 1 aromatic heterocycles. The fourth-order valence-corrected chi connectivity index (χ4v) is 13.9. The molecule has 1 aliphatic carbocycles. The van der Waals surface area contributed by atoms with Crippen molar-refractivity contribution in [3.63, 3.8) is 0 Å². The molecule has 0 unspecified atom stereocenters. The number of benzene rings is 8. The maximum absolute atomic E-state index is 7.16. The number of rotatable bonds is 9. The van der Waals surface area contributed by atoms with Crippen molar-refractivity contribution in [1.29, 1.82) is 0 Å². The first-order chi connectivity index (χ1) is 30.1. The van der Waals surface area contributed by atoms with Gasteiger partial charge < -0.3 is 17.4 Å². The summed E-state index contributed by atoms with van der Waals surface area (Å²) in [7, 11) is 0.625. The molecular formula is C58H49Au2NP2+2. The summed E-state index contributed by atoms with van der Waals surface area (Å²) in [5, 5.41) is 8.63. The molecule has 8 aromatic carbocycles. The van der Waals surface area contributed by atoms with E-state index in [0.29, 0.717) is 0 Å². The molecule has 1 nitrogen and oxygen atoms in total. The van der Waals surface area contributed by atoms with Gasteiger partial charge in [-0.15, -0.1) is 35.4 Å². The molecular weight excluding hydrogens is 1170 g/mol. The number of unbranched alkanes of at least 4 members (excludes halogenated alkanes) is 1. The van der Waals surface area contributed by atoms with Gasteiger partial charge in [-0.3, -0.25) is 11.8 Å². The van der Waals surface area contributed by atoms with Crippen LogP contribution in [-0.4, -0.2) is 16.9 Å². The van der Waals surface area contributed by atoms with Crippen LogP contribution in [-0.2, 0) is 58.2 Å². The third-order valence-electron chi connectivity index (χ3n) is 11.6. The molecule has 0 radical (unpaired) electrons. The van der Waals surface area contributed by atoms with E-state index in [4.69, 9.17) is 12.8 Å². The predicted octanol–water partition coefficient (Wildman–Crippen LogP) is 12.0. The van der Waals surface area contributed by atoms with Crippen LogP contribution in [0.2, 0.25) is 0 Å². The van der Waals surface area contributed by atoms with Crippen molar-refractivity contribution in [2.75, 3.05) is 12.3 Å². The molecule has 0 fully saturated rings. The largest absolute Gasteiger partial charge is 1.00 e. The monoisotopic (exact) mass is 1220 g/mol. The number of fused-ring (bicyclic) bond motifs is 6. The van der Waals surface area contributed by atoms with Gasteiger partial charge >= 0.3 is 44.8 Å². The van der Waals surface area contributed by atoms with Crippen molar-refractivity contribution in [3.05, 3.63) is 241 Å². The maximum atomic E-state index is 7.16. The zero-order valence-electron chi connectivity index (χ0n) is 35.2. The molecule has 5 heteroatoms. The molecule has 0 amide bonds. The molecule has 63 heavy (non-hydrogen) atoms. The molecule has 0 aliphatic heterocycles. The van der Waals surface area contributed by atoms with Gasteiger partial charge in [0.1, 0.15) is 0 Å². The van der Waals surface area contributed by atoms with Crippen LogP contribution >= 0.6 is 15.8 Å². The summed E-state index contributed by atoms with van der Waals surface area (Å²) in [4.78, 5) is 0. The normalized spacial score (nSPS) is 10.8. The van der Waals surface area contributed by atoms with Gasteiger partial charge in [0.15, 0.2) is 0 Å². The van der Waals surface area contributed by atoms with Crippen LogP contribution in [0.4, 0.5) is 0 Å². The minimum Gasteiger partial charge on any atom is -0.366 e. The van der Waals surface area contributed by atoms with Crippen LogP contribution in [0.1, 0.15) is 35.1 Å². The van der Waals surface area contributed by atoms with Crippen molar-refractivity contribution in [2.24, 2.45) is 7.05 Å². The first-order valence-electron chi connectivity index (χ1n) is 21.1. The van der Waals surface area contributed by atoms with Gasteiger partial charge in [-0.25, -0.2) is 0 Å². The van der Waals surface area contributed by atoms with Gasteiger partial charge in [0.05, 0.1) is 49.4 Å². The summed E-state index contributed by atoms with van der Waals surface area (Å²) in [6.45, 7) is 0. The fraction of sp³-hybridized carbons (Fsp3) is 0.103. The number of aromatic nitrogens is 1. The Morgan fingerprint density at radius 2 is 0.841 bits per heavy atom. The van der Waals surface area contributed by atoms with Crippen molar-refractivity contribution in [2.45, 2.75) is 19.3 Å². The minimum absolute atomic E-state index is 0. The Morgan fingerprint density at radius 1 is 0.429 bits per heavy atom. The second kappa shape index (κ2) is 23.6. The van der Waals surface area contributed by atoms with Gasteiger partial charge in [0.25, 0.3) is 0 Å². The smallest absolute Gasteiger partial charge is 0.366 e. The molecule has 316 valence electrons. The van der Waals surface area contributed by atoms with Gasteiger partial charge in [0, 0.05) is 28.9 Å². The first-order valence-corrected chi connectivity index (χ1v) is 24.5. The van der Waals surface area contributed by atoms with Crippen molar-refractivity contribution in [3.8, 4) is 23.0 Å². The Balaban J connectivity index is 0.000000169. The third kappa shape index (κ3) is 11.6. The van der Waals surface area contributed by atoms with Crippen LogP contribution in [0.5, 0.6) is 0 Å². The number of hydrogen-bond donors (Lipinski definition) is 0. The van der Waals surface area contributed by atoms with E-state index in [1.807, 2.05) is 24.3 Å². The molecule has 1 heterocycles. The minimum atomic E-state index is -0.714. The Labute approximate surface area is 407 Å². The van der Waals surface area contributed by atoms with E-state index in [2.05, 4.69) is 205 Å². The standard InChI is InChI=1S/C28H28P2.C15H10N.C15H9.2Au/c1-5-15-25(16-6-1)29(26-17-7-2-8-18-26)23-13-14-24-30(27-19-9-3-10-20-27)28-21-11-4-12-22-28;1-3-11-8-9-13-12-6-4-5-7-14(12)16(2)15(13)10-11;1-2-11-7-8-15-13(9-11)10-12-5-3-4-6-14(12)15;;/h1-12,15-22H,13-14,23-24H2;4-10H,2H3;3-9H,10H2;;/q;2*-1;2*+1/p+2. The molecule has 0 saturated carbocycles. The van der Waals surface area contributed by atoms with E-state index in [1.54, 1.807) is 0 Å². The molecule has 1 aliphatic rings. The van der Waals surface area contributed by atoms with Crippen LogP contribution in [0, 0.1) is 24.7 Å². The predicted molar refractivity (Wildman–Crippen MR) is 267 cm³/mol. The molecule has 0 spiro atoms. The zero-order valence-corrected chi connectivity index (χ0v) is 41.5. The summed E-state index contributed by atoms with van der Waals surface area (Å²) >= 11 is 0. The molecule has 9 aromatic rings. The zero-order chi connectivity index (χ0) is 41.8. The Morgan fingerprint density at radius 3 is 1.37 bits per heavy atom. The second-order valence-electron chi connectivity index (χ2n) is 15.4. The molecule has 0 N–H and O–H groups in total. The van der Waals surface area contributed by atoms with Crippen molar-refractivity contribution in [1.82, 2.24) is 4.57 Å². The molecule has 0 bridgehead atoms. The van der Waals surface area contributed by atoms with Crippen LogP contribution in [0.15, 0.2) is 206 Å². The van der Waals surface area contributed by atoms with E-state index in [0.717, 1.165) is 23.1 Å². The van der Waals surface area contributed by atoms with E-state index < -0.39 is 15.8 Å². The summed E-state index contributed by atoms with van der Waals surface area (Å²) < 4.78 is 2.16. The number of nitrogens with zero attached hydrogens (tertiary/aromatic N) is 1. The van der Waals surface area contributed by atoms with Crippen molar-refractivity contribution < 1.29 is 44.8 Å².